The van der Waals surface area contributed by atoms with Crippen LogP contribution < -0.4 is 10.1 Å². The van der Waals surface area contributed by atoms with Crippen LogP contribution in [0.4, 0.5) is 11.4 Å². The Morgan fingerprint density at radius 3 is 2.76 bits per heavy atom. The summed E-state index contributed by atoms with van der Waals surface area (Å²) in [6.07, 6.45) is 4.74. The summed E-state index contributed by atoms with van der Waals surface area (Å²) in [5, 5.41) is 14.5. The maximum atomic E-state index is 11.1. The smallest absolute Gasteiger partial charge is 0.311 e. The Morgan fingerprint density at radius 1 is 1.38 bits per heavy atom. The van der Waals surface area contributed by atoms with Gasteiger partial charge in [0.15, 0.2) is 5.75 Å². The maximum absolute atomic E-state index is 11.1. The van der Waals surface area contributed by atoms with Gasteiger partial charge in [-0.15, -0.1) is 0 Å². The van der Waals surface area contributed by atoms with Gasteiger partial charge < -0.3 is 10.1 Å². The normalized spacial score (nSPS) is 22.1. The van der Waals surface area contributed by atoms with Gasteiger partial charge >= 0.3 is 5.69 Å². The van der Waals surface area contributed by atoms with Crippen molar-refractivity contribution in [2.75, 3.05) is 5.32 Å². The van der Waals surface area contributed by atoms with Gasteiger partial charge in [0.25, 0.3) is 0 Å². The predicted octanol–water partition coefficient (Wildman–Crippen LogP) is 4.37. The lowest BCUT2D eigenvalue weighted by molar-refractivity contribution is -0.386. The van der Waals surface area contributed by atoms with E-state index >= 15 is 0 Å². The molecule has 5 nitrogen and oxygen atoms in total. The Hall–Kier alpha value is -1.78. The molecule has 1 fully saturated rings. The Labute approximate surface area is 125 Å². The number of nitrogens with zero attached hydrogens (tertiary/aromatic N) is 1. The van der Waals surface area contributed by atoms with Gasteiger partial charge in [-0.25, -0.2) is 0 Å². The van der Waals surface area contributed by atoms with Crippen LogP contribution in [0.25, 0.3) is 0 Å². The van der Waals surface area contributed by atoms with Crippen molar-refractivity contribution in [3.8, 4) is 5.75 Å². The monoisotopic (exact) mass is 292 g/mol. The number of ether oxygens (including phenoxy) is 1. The zero-order valence-electron chi connectivity index (χ0n) is 13.0. The number of nitrogens with one attached hydrogen (secondary N) is 1. The average molecular weight is 292 g/mol. The molecule has 0 aromatic heterocycles. The molecule has 1 aromatic rings. The van der Waals surface area contributed by atoms with Gasteiger partial charge in [-0.05, 0) is 38.7 Å². The fraction of sp³-hybridized carbons (Fsp3) is 0.625. The molecule has 0 saturated heterocycles. The van der Waals surface area contributed by atoms with Crippen molar-refractivity contribution in [2.24, 2.45) is 5.92 Å². The van der Waals surface area contributed by atoms with Crippen molar-refractivity contribution in [2.45, 2.75) is 58.6 Å². The summed E-state index contributed by atoms with van der Waals surface area (Å²) in [7, 11) is 0. The van der Waals surface area contributed by atoms with Crippen LogP contribution in [0.15, 0.2) is 18.2 Å². The molecule has 1 aliphatic carbocycles. The number of anilines is 1. The number of hydrogen-bond donors (Lipinski definition) is 1. The Kier molecular flexibility index (Phi) is 5.04. The molecule has 1 N–H and O–H groups in total. The molecule has 0 spiro atoms. The van der Waals surface area contributed by atoms with Gasteiger partial charge in [0.05, 0.1) is 11.0 Å². The van der Waals surface area contributed by atoms with E-state index in [1.807, 2.05) is 13.8 Å². The van der Waals surface area contributed by atoms with E-state index in [9.17, 15) is 10.1 Å². The van der Waals surface area contributed by atoms with Crippen LogP contribution in [-0.2, 0) is 0 Å². The minimum Gasteiger partial charge on any atom is -0.484 e. The molecule has 0 heterocycles. The van der Waals surface area contributed by atoms with Crippen LogP contribution in [0.3, 0.4) is 0 Å². The highest BCUT2D eigenvalue weighted by Crippen LogP contribution is 2.33. The third-order valence-electron chi connectivity index (χ3n) is 3.83. The molecule has 116 valence electrons. The molecule has 2 rings (SSSR count). The zero-order valence-corrected chi connectivity index (χ0v) is 13.0. The molecular weight excluding hydrogens is 268 g/mol. The summed E-state index contributed by atoms with van der Waals surface area (Å²) in [5.41, 5.74) is 0.918. The first-order valence-corrected chi connectivity index (χ1v) is 7.67. The molecule has 0 bridgehead atoms. The highest BCUT2D eigenvalue weighted by atomic mass is 16.6. The van der Waals surface area contributed by atoms with Crippen molar-refractivity contribution in [1.82, 2.24) is 0 Å². The largest absolute Gasteiger partial charge is 0.484 e. The second kappa shape index (κ2) is 6.78. The molecule has 1 aliphatic rings. The van der Waals surface area contributed by atoms with Crippen molar-refractivity contribution in [3.05, 3.63) is 28.3 Å². The summed E-state index contributed by atoms with van der Waals surface area (Å²) >= 11 is 0. The average Bonchev–Trinajstić information content (AvgIpc) is 2.37. The SMILES string of the molecule is CC1CCCC(Nc2ccc([N+](=O)[O-])c(OC(C)C)c2)C1. The molecule has 0 aliphatic heterocycles. The van der Waals surface area contributed by atoms with Gasteiger partial charge in [-0.2, -0.15) is 0 Å². The highest BCUT2D eigenvalue weighted by Gasteiger charge is 2.21. The first-order chi connectivity index (χ1) is 9.95. The fourth-order valence-electron chi connectivity index (χ4n) is 2.90. The van der Waals surface area contributed by atoms with Crippen LogP contribution in [-0.4, -0.2) is 17.1 Å². The fourth-order valence-corrected chi connectivity index (χ4v) is 2.90. The third-order valence-corrected chi connectivity index (χ3v) is 3.83. The molecular formula is C16H24N2O3. The molecule has 21 heavy (non-hydrogen) atoms. The number of rotatable bonds is 5. The van der Waals surface area contributed by atoms with E-state index in [-0.39, 0.29) is 11.8 Å². The minimum atomic E-state index is -0.399. The standard InChI is InChI=1S/C16H24N2O3/c1-11(2)21-16-10-14(7-8-15(16)18(19)20)17-13-6-4-5-12(3)9-13/h7-8,10-13,17H,4-6,9H2,1-3H3. The summed E-state index contributed by atoms with van der Waals surface area (Å²) in [6, 6.07) is 5.48. The van der Waals surface area contributed by atoms with Crippen molar-refractivity contribution in [3.63, 3.8) is 0 Å². The predicted molar refractivity (Wildman–Crippen MR) is 83.9 cm³/mol. The van der Waals surface area contributed by atoms with Gasteiger partial charge in [-0.3, -0.25) is 10.1 Å². The Morgan fingerprint density at radius 2 is 2.14 bits per heavy atom. The van der Waals surface area contributed by atoms with E-state index in [4.69, 9.17) is 4.74 Å². The number of hydrogen-bond acceptors (Lipinski definition) is 4. The number of nitro benzene ring substituents is 1. The lowest BCUT2D eigenvalue weighted by Crippen LogP contribution is -2.26. The minimum absolute atomic E-state index is 0.0197. The molecule has 1 aromatic carbocycles. The van der Waals surface area contributed by atoms with Crippen LogP contribution in [0.2, 0.25) is 0 Å². The van der Waals surface area contributed by atoms with Gasteiger partial charge in [0.1, 0.15) is 0 Å². The third kappa shape index (κ3) is 4.34. The number of benzene rings is 1. The summed E-state index contributed by atoms with van der Waals surface area (Å²) < 4.78 is 5.58. The summed E-state index contributed by atoms with van der Waals surface area (Å²) in [5.74, 6) is 1.07. The van der Waals surface area contributed by atoms with E-state index in [0.29, 0.717) is 11.8 Å². The second-order valence-corrected chi connectivity index (χ2v) is 6.22. The number of nitro groups is 1. The molecule has 0 amide bonds. The van der Waals surface area contributed by atoms with Crippen molar-refractivity contribution in [1.29, 1.82) is 0 Å². The van der Waals surface area contributed by atoms with Crippen LogP contribution in [0.1, 0.15) is 46.5 Å². The van der Waals surface area contributed by atoms with Gasteiger partial charge in [0.2, 0.25) is 0 Å². The van der Waals surface area contributed by atoms with Crippen LogP contribution in [0.5, 0.6) is 5.75 Å². The quantitative estimate of drug-likeness (QED) is 0.646. The molecule has 0 radical (unpaired) electrons. The van der Waals surface area contributed by atoms with E-state index in [0.717, 1.165) is 24.4 Å². The molecule has 2 atom stereocenters. The summed E-state index contributed by atoms with van der Waals surface area (Å²) in [4.78, 5) is 10.7. The highest BCUT2D eigenvalue weighted by molar-refractivity contribution is 5.58. The van der Waals surface area contributed by atoms with E-state index in [1.165, 1.54) is 18.9 Å². The van der Waals surface area contributed by atoms with Crippen LogP contribution in [0, 0.1) is 16.0 Å². The second-order valence-electron chi connectivity index (χ2n) is 6.22. The first kappa shape index (κ1) is 15.6. The lowest BCUT2D eigenvalue weighted by atomic mass is 9.87. The van der Waals surface area contributed by atoms with Crippen molar-refractivity contribution >= 4 is 11.4 Å². The van der Waals surface area contributed by atoms with E-state index in [1.54, 1.807) is 12.1 Å². The summed E-state index contributed by atoms with van der Waals surface area (Å²) in [6.45, 7) is 6.01. The van der Waals surface area contributed by atoms with E-state index in [2.05, 4.69) is 12.2 Å². The maximum Gasteiger partial charge on any atom is 0.311 e. The van der Waals surface area contributed by atoms with Gasteiger partial charge in [0, 0.05) is 23.9 Å². The Balaban J connectivity index is 2.14. The first-order valence-electron chi connectivity index (χ1n) is 7.67. The lowest BCUT2D eigenvalue weighted by Gasteiger charge is -2.28. The molecule has 1 saturated carbocycles. The van der Waals surface area contributed by atoms with Crippen LogP contribution >= 0.6 is 0 Å². The topological polar surface area (TPSA) is 64.4 Å². The van der Waals surface area contributed by atoms with E-state index < -0.39 is 4.92 Å². The molecule has 2 unspecified atom stereocenters. The zero-order chi connectivity index (χ0) is 15.4. The Bertz CT molecular complexity index is 502. The molecule has 5 heteroatoms. The van der Waals surface area contributed by atoms with Crippen molar-refractivity contribution < 1.29 is 9.66 Å². The van der Waals surface area contributed by atoms with Gasteiger partial charge in [-0.1, -0.05) is 19.8 Å².